The van der Waals surface area contributed by atoms with Crippen LogP contribution in [0.1, 0.15) is 28.8 Å². The maximum atomic E-state index is 12.8. The third kappa shape index (κ3) is 2.20. The quantitative estimate of drug-likeness (QED) is 0.773. The van der Waals surface area contributed by atoms with Crippen LogP contribution in [0.15, 0.2) is 23.1 Å². The number of hydrogen-bond donors (Lipinski definition) is 2. The molecule has 2 heterocycles. The molecule has 0 aliphatic carbocycles. The number of likely N-dealkylation sites (tertiary alicyclic amines) is 1. The van der Waals surface area contributed by atoms with Crippen molar-refractivity contribution in [2.75, 3.05) is 13.1 Å². The summed E-state index contributed by atoms with van der Waals surface area (Å²) in [6.07, 6.45) is 1.77. The van der Waals surface area contributed by atoms with Gasteiger partial charge in [-0.05, 0) is 37.5 Å². The van der Waals surface area contributed by atoms with E-state index in [1.807, 2.05) is 30.0 Å². The number of hydrogen-bond acceptors (Lipinski definition) is 3. The van der Waals surface area contributed by atoms with E-state index in [4.69, 9.17) is 0 Å². The average molecular weight is 290 g/mol. The van der Waals surface area contributed by atoms with E-state index in [9.17, 15) is 9.59 Å². The topological polar surface area (TPSA) is 49.4 Å². The van der Waals surface area contributed by atoms with Gasteiger partial charge in [0.15, 0.2) is 0 Å². The van der Waals surface area contributed by atoms with Gasteiger partial charge >= 0.3 is 0 Å². The number of benzene rings is 1. The Bertz CT molecular complexity index is 573. The van der Waals surface area contributed by atoms with Gasteiger partial charge in [-0.3, -0.25) is 9.59 Å². The molecule has 1 aromatic rings. The fourth-order valence-electron chi connectivity index (χ4n) is 3.20. The van der Waals surface area contributed by atoms with Crippen molar-refractivity contribution in [3.05, 3.63) is 29.3 Å². The molecule has 0 aromatic heterocycles. The van der Waals surface area contributed by atoms with Gasteiger partial charge in [-0.25, -0.2) is 0 Å². The molecule has 5 heteroatoms. The summed E-state index contributed by atoms with van der Waals surface area (Å²) in [5.74, 6) is 0.0731. The van der Waals surface area contributed by atoms with Crippen LogP contribution in [0.3, 0.4) is 0 Å². The Morgan fingerprint density at radius 2 is 2.25 bits per heavy atom. The third-order valence-electron chi connectivity index (χ3n) is 4.31. The van der Waals surface area contributed by atoms with E-state index >= 15 is 0 Å². The second-order valence-electron chi connectivity index (χ2n) is 5.56. The number of nitrogens with zero attached hydrogens (tertiary/aromatic N) is 1. The van der Waals surface area contributed by atoms with Gasteiger partial charge in [-0.15, -0.1) is 12.6 Å². The number of carbonyl (C=O) groups excluding carboxylic acids is 2. The van der Waals surface area contributed by atoms with Crippen LogP contribution >= 0.6 is 12.6 Å². The van der Waals surface area contributed by atoms with Crippen LogP contribution < -0.4 is 5.32 Å². The average Bonchev–Trinajstić information content (AvgIpc) is 2.83. The number of piperidine rings is 1. The minimum Gasteiger partial charge on any atom is -0.354 e. The SMILES string of the molecule is Cc1ccc(S)cc1C(=O)N1CCCC2C(=O)NCC21. The molecule has 0 bridgehead atoms. The molecule has 2 saturated heterocycles. The highest BCUT2D eigenvalue weighted by Crippen LogP contribution is 2.29. The molecule has 106 valence electrons. The Morgan fingerprint density at radius 3 is 3.05 bits per heavy atom. The second-order valence-corrected chi connectivity index (χ2v) is 6.08. The summed E-state index contributed by atoms with van der Waals surface area (Å²) in [7, 11) is 0. The smallest absolute Gasteiger partial charge is 0.254 e. The van der Waals surface area contributed by atoms with Crippen molar-refractivity contribution in [3.63, 3.8) is 0 Å². The van der Waals surface area contributed by atoms with Crippen molar-refractivity contribution in [2.45, 2.75) is 30.7 Å². The zero-order chi connectivity index (χ0) is 14.3. The largest absolute Gasteiger partial charge is 0.354 e. The molecule has 2 amide bonds. The molecular formula is C15H18N2O2S. The number of aryl methyl sites for hydroxylation is 1. The molecular weight excluding hydrogens is 272 g/mol. The molecule has 0 saturated carbocycles. The van der Waals surface area contributed by atoms with E-state index in [1.54, 1.807) is 0 Å². The van der Waals surface area contributed by atoms with Crippen LogP contribution in [0.4, 0.5) is 0 Å². The van der Waals surface area contributed by atoms with Crippen LogP contribution in [-0.2, 0) is 4.79 Å². The van der Waals surface area contributed by atoms with Gasteiger partial charge in [0, 0.05) is 23.5 Å². The van der Waals surface area contributed by atoms with Gasteiger partial charge in [0.05, 0.1) is 12.0 Å². The number of thiol groups is 1. The molecule has 20 heavy (non-hydrogen) atoms. The lowest BCUT2D eigenvalue weighted by Crippen LogP contribution is -2.48. The third-order valence-corrected chi connectivity index (χ3v) is 4.59. The van der Waals surface area contributed by atoms with Crippen LogP contribution in [0.25, 0.3) is 0 Å². The van der Waals surface area contributed by atoms with Gasteiger partial charge in [0.1, 0.15) is 0 Å². The lowest BCUT2D eigenvalue weighted by molar-refractivity contribution is -0.123. The van der Waals surface area contributed by atoms with Crippen molar-refractivity contribution in [1.82, 2.24) is 10.2 Å². The summed E-state index contributed by atoms with van der Waals surface area (Å²) in [6, 6.07) is 5.62. The minimum absolute atomic E-state index is 0.00623. The van der Waals surface area contributed by atoms with Crippen LogP contribution in [-0.4, -0.2) is 35.8 Å². The standard InChI is InChI=1S/C15H18N2O2S/c1-9-4-5-10(20)7-12(9)15(19)17-6-2-3-11-13(17)8-16-14(11)18/h4-5,7,11,13,20H,2-3,6,8H2,1H3,(H,16,18). The van der Waals surface area contributed by atoms with Crippen molar-refractivity contribution >= 4 is 24.4 Å². The molecule has 1 N–H and O–H groups in total. The molecule has 2 aliphatic heterocycles. The fraction of sp³-hybridized carbons (Fsp3) is 0.467. The van der Waals surface area contributed by atoms with Crippen LogP contribution in [0.5, 0.6) is 0 Å². The molecule has 0 spiro atoms. The molecule has 2 unspecified atom stereocenters. The normalized spacial score (nSPS) is 25.3. The summed E-state index contributed by atoms with van der Waals surface area (Å²) in [4.78, 5) is 27.2. The maximum absolute atomic E-state index is 12.8. The fourth-order valence-corrected chi connectivity index (χ4v) is 3.40. The molecule has 3 rings (SSSR count). The van der Waals surface area contributed by atoms with Crippen molar-refractivity contribution in [2.24, 2.45) is 5.92 Å². The highest BCUT2D eigenvalue weighted by Gasteiger charge is 2.42. The highest BCUT2D eigenvalue weighted by atomic mass is 32.1. The van der Waals surface area contributed by atoms with Gasteiger partial charge in [0.2, 0.25) is 5.91 Å². The highest BCUT2D eigenvalue weighted by molar-refractivity contribution is 7.80. The first-order chi connectivity index (χ1) is 9.58. The van der Waals surface area contributed by atoms with E-state index in [-0.39, 0.29) is 23.8 Å². The van der Waals surface area contributed by atoms with Crippen molar-refractivity contribution in [3.8, 4) is 0 Å². The Balaban J connectivity index is 1.90. The lowest BCUT2D eigenvalue weighted by atomic mass is 9.90. The first-order valence-corrected chi connectivity index (χ1v) is 7.41. The Labute approximate surface area is 123 Å². The zero-order valence-electron chi connectivity index (χ0n) is 11.4. The monoisotopic (exact) mass is 290 g/mol. The predicted octanol–water partition coefficient (Wildman–Crippen LogP) is 1.63. The Morgan fingerprint density at radius 1 is 1.45 bits per heavy atom. The van der Waals surface area contributed by atoms with Crippen molar-refractivity contribution in [1.29, 1.82) is 0 Å². The van der Waals surface area contributed by atoms with Crippen molar-refractivity contribution < 1.29 is 9.59 Å². The summed E-state index contributed by atoms with van der Waals surface area (Å²) in [6.45, 7) is 3.24. The molecule has 1 aromatic carbocycles. The number of fused-ring (bicyclic) bond motifs is 1. The first kappa shape index (κ1) is 13.5. The maximum Gasteiger partial charge on any atom is 0.254 e. The van der Waals surface area contributed by atoms with E-state index < -0.39 is 0 Å². The van der Waals surface area contributed by atoms with E-state index in [0.717, 1.165) is 29.8 Å². The van der Waals surface area contributed by atoms with Gasteiger partial charge in [-0.2, -0.15) is 0 Å². The van der Waals surface area contributed by atoms with Gasteiger partial charge in [-0.1, -0.05) is 6.07 Å². The first-order valence-electron chi connectivity index (χ1n) is 6.96. The van der Waals surface area contributed by atoms with Crippen LogP contribution in [0, 0.1) is 12.8 Å². The van der Waals surface area contributed by atoms with Crippen LogP contribution in [0.2, 0.25) is 0 Å². The summed E-state index contributed by atoms with van der Waals surface area (Å²) in [5, 5.41) is 2.88. The number of rotatable bonds is 1. The van der Waals surface area contributed by atoms with E-state index in [2.05, 4.69) is 17.9 Å². The number of nitrogens with one attached hydrogen (secondary N) is 1. The zero-order valence-corrected chi connectivity index (χ0v) is 12.3. The summed E-state index contributed by atoms with van der Waals surface area (Å²) >= 11 is 4.31. The van der Waals surface area contributed by atoms with Gasteiger partial charge < -0.3 is 10.2 Å². The Kier molecular flexibility index (Phi) is 3.46. The van der Waals surface area contributed by atoms with Gasteiger partial charge in [0.25, 0.3) is 5.91 Å². The van der Waals surface area contributed by atoms with E-state index in [1.165, 1.54) is 0 Å². The number of carbonyl (C=O) groups is 2. The molecule has 4 nitrogen and oxygen atoms in total. The molecule has 2 aliphatic rings. The molecule has 0 radical (unpaired) electrons. The molecule has 2 fully saturated rings. The Hall–Kier alpha value is -1.49. The lowest BCUT2D eigenvalue weighted by Gasteiger charge is -2.36. The molecule has 2 atom stereocenters. The van der Waals surface area contributed by atoms with E-state index in [0.29, 0.717) is 12.1 Å². The summed E-state index contributed by atoms with van der Waals surface area (Å²) in [5.41, 5.74) is 1.64. The second kappa shape index (κ2) is 5.13. The summed E-state index contributed by atoms with van der Waals surface area (Å²) < 4.78 is 0. The number of amides is 2. The predicted molar refractivity (Wildman–Crippen MR) is 79.0 cm³/mol. The minimum atomic E-state index is -0.0350.